The number of rotatable bonds is 7. The van der Waals surface area contributed by atoms with Crippen molar-refractivity contribution in [3.63, 3.8) is 0 Å². The molecule has 1 unspecified atom stereocenters. The number of nitrogens with one attached hydrogen (secondary N) is 2. The van der Waals surface area contributed by atoms with Crippen LogP contribution in [0.1, 0.15) is 20.3 Å². The van der Waals surface area contributed by atoms with E-state index in [4.69, 9.17) is 4.74 Å². The van der Waals surface area contributed by atoms with Crippen molar-refractivity contribution in [2.45, 2.75) is 25.9 Å². The smallest absolute Gasteiger partial charge is 0.264 e. The summed E-state index contributed by atoms with van der Waals surface area (Å²) in [5.74, 6) is 1.19. The van der Waals surface area contributed by atoms with Gasteiger partial charge in [-0.1, -0.05) is 6.07 Å². The molecule has 1 aliphatic heterocycles. The Morgan fingerprint density at radius 2 is 2.12 bits per heavy atom. The van der Waals surface area contributed by atoms with Crippen molar-refractivity contribution in [2.75, 3.05) is 18.5 Å². The third-order valence-corrected chi connectivity index (χ3v) is 5.31. The van der Waals surface area contributed by atoms with E-state index in [0.717, 1.165) is 5.39 Å². The second-order valence-corrected chi connectivity index (χ2v) is 8.17. The van der Waals surface area contributed by atoms with Crippen LogP contribution in [0.2, 0.25) is 0 Å². The van der Waals surface area contributed by atoms with Crippen molar-refractivity contribution in [1.29, 1.82) is 0 Å². The molecule has 9 nitrogen and oxygen atoms in total. The lowest BCUT2D eigenvalue weighted by molar-refractivity contribution is -0.118. The molecule has 0 saturated heterocycles. The molecule has 2 N–H and O–H groups in total. The lowest BCUT2D eigenvalue weighted by Gasteiger charge is -2.29. The number of halogens is 1. The second kappa shape index (κ2) is 9.42. The predicted octanol–water partition coefficient (Wildman–Crippen LogP) is 2.97. The minimum atomic E-state index is -0.670. The number of carbonyl (C=O) groups is 1. The molecule has 1 aliphatic rings. The topological polar surface area (TPSA) is 110 Å². The van der Waals surface area contributed by atoms with Gasteiger partial charge in [-0.15, -0.1) is 0 Å². The van der Waals surface area contributed by atoms with Gasteiger partial charge in [-0.3, -0.25) is 14.2 Å². The SMILES string of the molecule is CC(=O)NC1=CC(C)(Oc2ccc3nc(-c4cnc(NCCF)n(C)c4=O)ccc3c2)CC=N1. The normalized spacial score (nSPS) is 17.4. The molecule has 1 amide bonds. The summed E-state index contributed by atoms with van der Waals surface area (Å²) in [6.07, 6.45) is 5.50. The van der Waals surface area contributed by atoms with Gasteiger partial charge < -0.3 is 15.4 Å². The Labute approximate surface area is 195 Å². The number of hydrogen-bond acceptors (Lipinski definition) is 7. The van der Waals surface area contributed by atoms with Crippen molar-refractivity contribution in [3.8, 4) is 17.0 Å². The van der Waals surface area contributed by atoms with Crippen LogP contribution >= 0.6 is 0 Å². The third-order valence-electron chi connectivity index (χ3n) is 5.31. The van der Waals surface area contributed by atoms with Gasteiger partial charge in [-0.25, -0.2) is 19.4 Å². The molecule has 0 bridgehead atoms. The maximum absolute atomic E-state index is 12.8. The summed E-state index contributed by atoms with van der Waals surface area (Å²) in [6.45, 7) is 2.86. The molecule has 34 heavy (non-hydrogen) atoms. The molecular weight excluding hydrogens is 439 g/mol. The van der Waals surface area contributed by atoms with Crippen LogP contribution in [0.3, 0.4) is 0 Å². The van der Waals surface area contributed by atoms with Crippen molar-refractivity contribution < 1.29 is 13.9 Å². The Bertz CT molecular complexity index is 1370. The van der Waals surface area contributed by atoms with Crippen LogP contribution in [0.25, 0.3) is 22.2 Å². The Morgan fingerprint density at radius 1 is 1.29 bits per heavy atom. The number of nitrogens with zero attached hydrogens (tertiary/aromatic N) is 4. The Kier molecular flexibility index (Phi) is 6.40. The summed E-state index contributed by atoms with van der Waals surface area (Å²) in [5, 5.41) is 6.29. The average molecular weight is 465 g/mol. The monoisotopic (exact) mass is 464 g/mol. The molecule has 0 saturated carbocycles. The van der Waals surface area contributed by atoms with Crippen molar-refractivity contribution in [2.24, 2.45) is 12.0 Å². The van der Waals surface area contributed by atoms with E-state index in [1.807, 2.05) is 31.2 Å². The summed E-state index contributed by atoms with van der Waals surface area (Å²) in [4.78, 5) is 37.2. The van der Waals surface area contributed by atoms with Gasteiger partial charge in [0, 0.05) is 50.8 Å². The molecule has 3 aromatic rings. The van der Waals surface area contributed by atoms with Gasteiger partial charge >= 0.3 is 0 Å². The number of benzene rings is 1. The van der Waals surface area contributed by atoms with Gasteiger partial charge in [0.25, 0.3) is 5.56 Å². The van der Waals surface area contributed by atoms with Gasteiger partial charge in [-0.05, 0) is 31.2 Å². The molecule has 0 aliphatic carbocycles. The number of pyridine rings is 1. The maximum atomic E-state index is 12.8. The first-order chi connectivity index (χ1) is 16.3. The van der Waals surface area contributed by atoms with Crippen LogP contribution in [0, 0.1) is 0 Å². The van der Waals surface area contributed by atoms with Crippen LogP contribution in [0.15, 0.2) is 58.2 Å². The van der Waals surface area contributed by atoms with E-state index in [1.165, 1.54) is 17.7 Å². The lowest BCUT2D eigenvalue weighted by atomic mass is 10.00. The largest absolute Gasteiger partial charge is 0.483 e. The maximum Gasteiger partial charge on any atom is 0.264 e. The highest BCUT2D eigenvalue weighted by atomic mass is 19.1. The van der Waals surface area contributed by atoms with Crippen LogP contribution in [-0.2, 0) is 11.8 Å². The third kappa shape index (κ3) is 4.95. The molecule has 176 valence electrons. The first-order valence-corrected chi connectivity index (χ1v) is 10.8. The zero-order valence-electron chi connectivity index (χ0n) is 19.1. The number of aliphatic imine (C=N–C) groups is 1. The summed E-state index contributed by atoms with van der Waals surface area (Å²) < 4.78 is 20.0. The zero-order valence-corrected chi connectivity index (χ0v) is 19.1. The fraction of sp³-hybridized carbons (Fsp3) is 0.292. The van der Waals surface area contributed by atoms with Crippen LogP contribution in [-0.4, -0.2) is 45.5 Å². The van der Waals surface area contributed by atoms with Crippen molar-refractivity contribution >= 4 is 29.0 Å². The fourth-order valence-corrected chi connectivity index (χ4v) is 3.66. The Hall–Kier alpha value is -4.08. The van der Waals surface area contributed by atoms with Crippen molar-refractivity contribution in [3.05, 3.63) is 58.8 Å². The molecule has 0 spiro atoms. The number of ether oxygens (including phenoxy) is 1. The number of amides is 1. The van der Waals surface area contributed by atoms with E-state index >= 15 is 0 Å². The Balaban J connectivity index is 1.59. The number of anilines is 1. The minimum Gasteiger partial charge on any atom is -0.483 e. The molecular formula is C24H25FN6O3. The molecule has 1 atom stereocenters. The number of aromatic nitrogens is 3. The standard InChI is InChI=1S/C24H25FN6O3/c1-15(32)29-21-13-24(2,8-10-26-21)34-17-5-7-19-16(12-17)4-6-20(30-19)18-14-28-23(27-11-9-25)31(3)22(18)33/h4-7,10,12-14H,8-9,11H2,1-3H3,(H,27,28)(H,29,32). The van der Waals surface area contributed by atoms with Gasteiger partial charge in [0.05, 0.1) is 16.8 Å². The number of hydrogen-bond donors (Lipinski definition) is 2. The molecule has 2 aromatic heterocycles. The molecule has 4 rings (SSSR count). The van der Waals surface area contributed by atoms with E-state index in [2.05, 4.69) is 25.6 Å². The second-order valence-electron chi connectivity index (χ2n) is 8.17. The van der Waals surface area contributed by atoms with E-state index in [9.17, 15) is 14.0 Å². The molecule has 10 heteroatoms. The van der Waals surface area contributed by atoms with E-state index in [0.29, 0.717) is 40.7 Å². The lowest BCUT2D eigenvalue weighted by Crippen LogP contribution is -2.35. The van der Waals surface area contributed by atoms with Crippen molar-refractivity contribution in [1.82, 2.24) is 19.9 Å². The molecule has 1 aromatic carbocycles. The zero-order chi connectivity index (χ0) is 24.3. The summed E-state index contributed by atoms with van der Waals surface area (Å²) >= 11 is 0. The highest BCUT2D eigenvalue weighted by molar-refractivity contribution is 5.83. The van der Waals surface area contributed by atoms with Gasteiger partial charge in [0.15, 0.2) is 0 Å². The number of alkyl halides is 1. The first-order valence-electron chi connectivity index (χ1n) is 10.8. The van der Waals surface area contributed by atoms with Crippen LogP contribution in [0.5, 0.6) is 5.75 Å². The molecule has 0 fully saturated rings. The summed E-state index contributed by atoms with van der Waals surface area (Å²) in [6, 6.07) is 9.12. The molecule has 0 radical (unpaired) electrons. The fourth-order valence-electron chi connectivity index (χ4n) is 3.66. The number of fused-ring (bicyclic) bond motifs is 1. The van der Waals surface area contributed by atoms with E-state index < -0.39 is 12.3 Å². The Morgan fingerprint density at radius 3 is 2.88 bits per heavy atom. The van der Waals surface area contributed by atoms with Crippen LogP contribution < -0.4 is 20.9 Å². The first kappa shape index (κ1) is 23.1. The molecule has 3 heterocycles. The highest BCUT2D eigenvalue weighted by Crippen LogP contribution is 2.29. The van der Waals surface area contributed by atoms with Gasteiger partial charge in [-0.2, -0.15) is 0 Å². The van der Waals surface area contributed by atoms with Crippen LogP contribution in [0.4, 0.5) is 10.3 Å². The summed E-state index contributed by atoms with van der Waals surface area (Å²) in [5.41, 5.74) is 0.578. The highest BCUT2D eigenvalue weighted by Gasteiger charge is 2.27. The predicted molar refractivity (Wildman–Crippen MR) is 129 cm³/mol. The van der Waals surface area contributed by atoms with Gasteiger partial charge in [0.2, 0.25) is 11.9 Å². The average Bonchev–Trinajstić information content (AvgIpc) is 2.79. The van der Waals surface area contributed by atoms with E-state index in [1.54, 1.807) is 25.4 Å². The van der Waals surface area contributed by atoms with E-state index in [-0.39, 0.29) is 18.0 Å². The summed E-state index contributed by atoms with van der Waals surface area (Å²) in [7, 11) is 1.58. The quantitative estimate of drug-likeness (QED) is 0.556. The van der Waals surface area contributed by atoms with Gasteiger partial charge in [0.1, 0.15) is 23.8 Å². The number of carbonyl (C=O) groups excluding carboxylic acids is 1. The minimum absolute atomic E-state index is 0.0778.